The fourth-order valence-electron chi connectivity index (χ4n) is 1.22. The summed E-state index contributed by atoms with van der Waals surface area (Å²) >= 11 is 0. The van der Waals surface area contributed by atoms with E-state index in [4.69, 9.17) is 0 Å². The van der Waals surface area contributed by atoms with Gasteiger partial charge in [0.2, 0.25) is 0 Å². The van der Waals surface area contributed by atoms with E-state index in [-0.39, 0.29) is 16.1 Å². The van der Waals surface area contributed by atoms with Gasteiger partial charge in [-0.05, 0) is 30.0 Å². The van der Waals surface area contributed by atoms with Crippen molar-refractivity contribution in [3.63, 3.8) is 0 Å². The van der Waals surface area contributed by atoms with Crippen LogP contribution in [0.25, 0.3) is 0 Å². The molecule has 1 aromatic rings. The SMILES string of the molecule is CC(C)(C)CCS(=O)(=O)c1cccc(F)c1. The van der Waals surface area contributed by atoms with Gasteiger partial charge in [-0.15, -0.1) is 0 Å². The van der Waals surface area contributed by atoms with Crippen LogP contribution >= 0.6 is 0 Å². The molecule has 16 heavy (non-hydrogen) atoms. The van der Waals surface area contributed by atoms with Gasteiger partial charge in [-0.25, -0.2) is 12.8 Å². The highest BCUT2D eigenvalue weighted by Crippen LogP contribution is 2.22. The van der Waals surface area contributed by atoms with Gasteiger partial charge in [-0.2, -0.15) is 0 Å². The monoisotopic (exact) mass is 244 g/mol. The van der Waals surface area contributed by atoms with Crippen LogP contribution in [0.1, 0.15) is 27.2 Å². The van der Waals surface area contributed by atoms with Gasteiger partial charge in [0.1, 0.15) is 5.82 Å². The Kier molecular flexibility index (Phi) is 3.73. The highest BCUT2D eigenvalue weighted by Gasteiger charge is 2.19. The Morgan fingerprint density at radius 1 is 1.25 bits per heavy atom. The standard InChI is InChI=1S/C12H17FO2S/c1-12(2,3)7-8-16(14,15)11-6-4-5-10(13)9-11/h4-6,9H,7-8H2,1-3H3. The maximum absolute atomic E-state index is 12.9. The molecule has 0 aromatic heterocycles. The fourth-order valence-corrected chi connectivity index (χ4v) is 2.91. The smallest absolute Gasteiger partial charge is 0.178 e. The molecule has 0 amide bonds. The minimum Gasteiger partial charge on any atom is -0.224 e. The molecule has 0 heterocycles. The fraction of sp³-hybridized carbons (Fsp3) is 0.500. The average molecular weight is 244 g/mol. The molecule has 1 rings (SSSR count). The second-order valence-corrected chi connectivity index (χ2v) is 7.20. The molecule has 90 valence electrons. The van der Waals surface area contributed by atoms with Gasteiger partial charge in [-0.1, -0.05) is 26.8 Å². The Balaban J connectivity index is 2.87. The van der Waals surface area contributed by atoms with Crippen LogP contribution in [0.2, 0.25) is 0 Å². The summed E-state index contributed by atoms with van der Waals surface area (Å²) in [7, 11) is -3.36. The van der Waals surface area contributed by atoms with Crippen molar-refractivity contribution in [3.8, 4) is 0 Å². The number of hydrogen-bond donors (Lipinski definition) is 0. The largest absolute Gasteiger partial charge is 0.224 e. The minimum atomic E-state index is -3.36. The first-order chi connectivity index (χ1) is 7.21. The van der Waals surface area contributed by atoms with Crippen LogP contribution < -0.4 is 0 Å². The maximum Gasteiger partial charge on any atom is 0.178 e. The van der Waals surface area contributed by atoms with Crippen LogP contribution in [0, 0.1) is 11.2 Å². The average Bonchev–Trinajstić information content (AvgIpc) is 2.14. The number of sulfone groups is 1. The zero-order valence-corrected chi connectivity index (χ0v) is 10.6. The predicted octanol–water partition coefficient (Wildman–Crippen LogP) is 3.04. The minimum absolute atomic E-state index is 0.0413. The number of hydrogen-bond acceptors (Lipinski definition) is 2. The number of halogens is 1. The number of rotatable bonds is 3. The zero-order chi connectivity index (χ0) is 12.4. The van der Waals surface area contributed by atoms with Gasteiger partial charge in [0.05, 0.1) is 10.6 Å². The molecule has 0 radical (unpaired) electrons. The van der Waals surface area contributed by atoms with E-state index in [1.165, 1.54) is 18.2 Å². The van der Waals surface area contributed by atoms with E-state index in [2.05, 4.69) is 0 Å². The van der Waals surface area contributed by atoms with E-state index < -0.39 is 15.7 Å². The zero-order valence-electron chi connectivity index (χ0n) is 9.83. The van der Waals surface area contributed by atoms with Gasteiger partial charge in [0, 0.05) is 0 Å². The van der Waals surface area contributed by atoms with Gasteiger partial charge in [0.25, 0.3) is 0 Å². The van der Waals surface area contributed by atoms with E-state index in [0.29, 0.717) is 6.42 Å². The van der Waals surface area contributed by atoms with Crippen molar-refractivity contribution in [1.29, 1.82) is 0 Å². The van der Waals surface area contributed by atoms with Crippen molar-refractivity contribution < 1.29 is 12.8 Å². The summed E-state index contributed by atoms with van der Waals surface area (Å²) in [5.41, 5.74) is -0.0413. The van der Waals surface area contributed by atoms with Gasteiger partial charge < -0.3 is 0 Å². The Bertz CT molecular complexity index is 458. The van der Waals surface area contributed by atoms with Crippen LogP contribution in [0.5, 0.6) is 0 Å². The molecule has 0 aliphatic rings. The van der Waals surface area contributed by atoms with Crippen LogP contribution in [0.3, 0.4) is 0 Å². The lowest BCUT2D eigenvalue weighted by Gasteiger charge is -2.17. The second-order valence-electron chi connectivity index (χ2n) is 5.09. The molecule has 0 bridgehead atoms. The Labute approximate surface area is 96.4 Å². The molecule has 0 unspecified atom stereocenters. The lowest BCUT2D eigenvalue weighted by molar-refractivity contribution is 0.397. The second kappa shape index (κ2) is 4.53. The van der Waals surface area contributed by atoms with Crippen molar-refractivity contribution in [2.75, 3.05) is 5.75 Å². The summed E-state index contributed by atoms with van der Waals surface area (Å²) in [6.07, 6.45) is 0.561. The first kappa shape index (κ1) is 13.2. The molecule has 0 fully saturated rings. The third kappa shape index (κ3) is 3.93. The summed E-state index contributed by atoms with van der Waals surface area (Å²) in [4.78, 5) is 0.0664. The quantitative estimate of drug-likeness (QED) is 0.819. The normalized spacial score (nSPS) is 12.8. The Hall–Kier alpha value is -0.900. The molecular weight excluding hydrogens is 227 g/mol. The highest BCUT2D eigenvalue weighted by molar-refractivity contribution is 7.91. The van der Waals surface area contributed by atoms with Crippen LogP contribution in [0.15, 0.2) is 29.2 Å². The van der Waals surface area contributed by atoms with Gasteiger partial charge in [-0.3, -0.25) is 0 Å². The van der Waals surface area contributed by atoms with Gasteiger partial charge >= 0.3 is 0 Å². The molecular formula is C12H17FO2S. The van der Waals surface area contributed by atoms with E-state index in [1.54, 1.807) is 0 Å². The number of benzene rings is 1. The third-order valence-corrected chi connectivity index (χ3v) is 3.99. The summed E-state index contributed by atoms with van der Waals surface area (Å²) in [6, 6.07) is 5.15. The molecule has 0 N–H and O–H groups in total. The van der Waals surface area contributed by atoms with Crippen molar-refractivity contribution in [2.45, 2.75) is 32.1 Å². The lowest BCUT2D eigenvalue weighted by atomic mass is 9.94. The van der Waals surface area contributed by atoms with Crippen LogP contribution in [0.4, 0.5) is 4.39 Å². The first-order valence-electron chi connectivity index (χ1n) is 5.19. The molecule has 0 saturated carbocycles. The molecule has 0 atom stereocenters. The summed E-state index contributed by atoms with van der Waals surface area (Å²) in [5.74, 6) is -0.461. The molecule has 2 nitrogen and oxygen atoms in total. The molecule has 0 spiro atoms. The van der Waals surface area contributed by atoms with E-state index in [1.807, 2.05) is 20.8 Å². The van der Waals surface area contributed by atoms with E-state index in [9.17, 15) is 12.8 Å². The third-order valence-electron chi connectivity index (χ3n) is 2.28. The summed E-state index contributed by atoms with van der Waals surface area (Å²) in [6.45, 7) is 5.94. The summed E-state index contributed by atoms with van der Waals surface area (Å²) in [5, 5.41) is 0. The van der Waals surface area contributed by atoms with Crippen molar-refractivity contribution >= 4 is 9.84 Å². The van der Waals surface area contributed by atoms with Crippen molar-refractivity contribution in [1.82, 2.24) is 0 Å². The predicted molar refractivity (Wildman–Crippen MR) is 62.5 cm³/mol. The first-order valence-corrected chi connectivity index (χ1v) is 6.84. The molecule has 0 aliphatic heterocycles. The Morgan fingerprint density at radius 3 is 2.38 bits per heavy atom. The summed E-state index contributed by atoms with van der Waals surface area (Å²) < 4.78 is 36.6. The van der Waals surface area contributed by atoms with Crippen molar-refractivity contribution in [2.24, 2.45) is 5.41 Å². The van der Waals surface area contributed by atoms with E-state index >= 15 is 0 Å². The maximum atomic E-state index is 12.9. The van der Waals surface area contributed by atoms with E-state index in [0.717, 1.165) is 6.07 Å². The van der Waals surface area contributed by atoms with Crippen LogP contribution in [-0.4, -0.2) is 14.2 Å². The highest BCUT2D eigenvalue weighted by atomic mass is 32.2. The molecule has 0 saturated heterocycles. The molecule has 1 aromatic carbocycles. The lowest BCUT2D eigenvalue weighted by Crippen LogP contribution is -2.15. The Morgan fingerprint density at radius 2 is 1.88 bits per heavy atom. The van der Waals surface area contributed by atoms with Crippen LogP contribution in [-0.2, 0) is 9.84 Å². The molecule has 0 aliphatic carbocycles. The van der Waals surface area contributed by atoms with Crippen molar-refractivity contribution in [3.05, 3.63) is 30.1 Å². The molecule has 4 heteroatoms. The van der Waals surface area contributed by atoms with Gasteiger partial charge in [0.15, 0.2) is 9.84 Å². The topological polar surface area (TPSA) is 34.1 Å².